The van der Waals surface area contributed by atoms with Crippen molar-refractivity contribution in [2.45, 2.75) is 23.7 Å². The highest BCUT2D eigenvalue weighted by molar-refractivity contribution is 8.00. The third-order valence-corrected chi connectivity index (χ3v) is 2.88. The molecule has 11 heteroatoms. The summed E-state index contributed by atoms with van der Waals surface area (Å²) in [6.45, 7) is 1.12. The lowest BCUT2D eigenvalue weighted by Crippen LogP contribution is -2.21. The number of hydrogen-bond donors (Lipinski definition) is 0. The third-order valence-electron chi connectivity index (χ3n) is 2.12. The number of carbonyl (C=O) groups is 1. The summed E-state index contributed by atoms with van der Waals surface area (Å²) in [5.74, 6) is -2.70. The van der Waals surface area contributed by atoms with Crippen LogP contribution in [-0.2, 0) is 4.74 Å². The van der Waals surface area contributed by atoms with Crippen LogP contribution in [0.15, 0.2) is 17.0 Å². The molecule has 0 amide bonds. The van der Waals surface area contributed by atoms with Crippen LogP contribution in [0.5, 0.6) is 5.75 Å². The first-order valence-electron chi connectivity index (χ1n) is 5.73. The fourth-order valence-electron chi connectivity index (χ4n) is 1.45. The molecule has 0 heterocycles. The van der Waals surface area contributed by atoms with Crippen molar-refractivity contribution in [1.29, 1.82) is 5.26 Å². The lowest BCUT2D eigenvalue weighted by molar-refractivity contribution is -0.275. The molecule has 0 radical (unpaired) electrons. The number of hydrogen-bond acceptors (Lipinski definition) is 5. The Kier molecular flexibility index (Phi) is 5.76. The molecule has 0 fully saturated rings. The Bertz CT molecular complexity index is 635. The number of ether oxygens (including phenoxy) is 2. The van der Waals surface area contributed by atoms with Crippen LogP contribution in [-0.4, -0.2) is 24.4 Å². The lowest BCUT2D eigenvalue weighted by atomic mass is 10.1. The Morgan fingerprint density at radius 1 is 1.26 bits per heavy atom. The van der Waals surface area contributed by atoms with Crippen LogP contribution in [0.1, 0.15) is 22.8 Å². The number of halogens is 6. The minimum atomic E-state index is -5.34. The normalized spacial score (nSPS) is 11.7. The fraction of sp³-hybridized carbons (Fsp3) is 0.333. The molecule has 0 aromatic heterocycles. The maximum atomic E-state index is 12.5. The van der Waals surface area contributed by atoms with E-state index in [-0.39, 0.29) is 6.61 Å². The van der Waals surface area contributed by atoms with Gasteiger partial charge in [-0.25, -0.2) is 4.79 Å². The van der Waals surface area contributed by atoms with Crippen molar-refractivity contribution in [2.24, 2.45) is 0 Å². The molecule has 0 saturated carbocycles. The number of nitriles is 1. The van der Waals surface area contributed by atoms with E-state index in [9.17, 15) is 31.1 Å². The Balaban J connectivity index is 3.54. The van der Waals surface area contributed by atoms with E-state index in [0.29, 0.717) is 12.1 Å². The van der Waals surface area contributed by atoms with Gasteiger partial charge in [-0.1, -0.05) is 0 Å². The largest absolute Gasteiger partial charge is 0.573 e. The van der Waals surface area contributed by atoms with Crippen molar-refractivity contribution < 1.29 is 40.6 Å². The van der Waals surface area contributed by atoms with Gasteiger partial charge in [-0.3, -0.25) is 0 Å². The molecule has 0 aliphatic carbocycles. The number of rotatable bonds is 4. The van der Waals surface area contributed by atoms with E-state index in [4.69, 9.17) is 5.26 Å². The van der Waals surface area contributed by atoms with Crippen LogP contribution in [0.25, 0.3) is 0 Å². The van der Waals surface area contributed by atoms with Crippen molar-refractivity contribution in [3.05, 3.63) is 23.3 Å². The minimum absolute atomic E-state index is 0.233. The van der Waals surface area contributed by atoms with E-state index in [1.165, 1.54) is 13.0 Å². The van der Waals surface area contributed by atoms with Gasteiger partial charge < -0.3 is 9.47 Å². The number of esters is 1. The molecule has 0 aliphatic heterocycles. The third kappa shape index (κ3) is 5.90. The first-order chi connectivity index (χ1) is 10.5. The van der Waals surface area contributed by atoms with E-state index >= 15 is 0 Å². The highest BCUT2D eigenvalue weighted by Crippen LogP contribution is 2.45. The molecule has 23 heavy (non-hydrogen) atoms. The van der Waals surface area contributed by atoms with Gasteiger partial charge in [0.15, 0.2) is 5.75 Å². The van der Waals surface area contributed by atoms with Crippen LogP contribution in [0, 0.1) is 11.3 Å². The van der Waals surface area contributed by atoms with E-state index in [1.807, 2.05) is 0 Å². The van der Waals surface area contributed by atoms with Gasteiger partial charge in [-0.05, 0) is 30.8 Å². The first kappa shape index (κ1) is 19.0. The molecule has 126 valence electrons. The maximum Gasteiger partial charge on any atom is 0.573 e. The minimum Gasteiger partial charge on any atom is -0.462 e. The van der Waals surface area contributed by atoms with Gasteiger partial charge in [0.1, 0.15) is 5.56 Å². The molecule has 1 aromatic rings. The van der Waals surface area contributed by atoms with Gasteiger partial charge in [0, 0.05) is 0 Å². The quantitative estimate of drug-likeness (QED) is 0.457. The number of benzene rings is 1. The molecule has 4 nitrogen and oxygen atoms in total. The van der Waals surface area contributed by atoms with E-state index in [1.54, 1.807) is 0 Å². The highest BCUT2D eigenvalue weighted by atomic mass is 32.2. The maximum absolute atomic E-state index is 12.5. The zero-order chi connectivity index (χ0) is 17.8. The van der Waals surface area contributed by atoms with Crippen LogP contribution in [0.3, 0.4) is 0 Å². The van der Waals surface area contributed by atoms with Gasteiger partial charge in [0.05, 0.1) is 23.1 Å². The van der Waals surface area contributed by atoms with Gasteiger partial charge in [-0.15, -0.1) is 13.2 Å². The number of nitrogens with zero attached hydrogens (tertiary/aromatic N) is 1. The molecule has 0 saturated heterocycles. The number of alkyl halides is 6. The SMILES string of the molecule is CCOC(=O)c1cc(C#N)cc(SC(F)(F)F)c1OC(F)(F)F. The van der Waals surface area contributed by atoms with Crippen LogP contribution in [0.4, 0.5) is 26.3 Å². The van der Waals surface area contributed by atoms with Gasteiger partial charge in [0.2, 0.25) is 0 Å². The predicted molar refractivity (Wildman–Crippen MR) is 65.7 cm³/mol. The molecule has 0 N–H and O–H groups in total. The highest BCUT2D eigenvalue weighted by Gasteiger charge is 2.38. The van der Waals surface area contributed by atoms with Crippen molar-refractivity contribution >= 4 is 17.7 Å². The summed E-state index contributed by atoms with van der Waals surface area (Å²) in [6, 6.07) is 2.67. The summed E-state index contributed by atoms with van der Waals surface area (Å²) in [7, 11) is 0. The van der Waals surface area contributed by atoms with E-state index in [2.05, 4.69) is 9.47 Å². The average molecular weight is 359 g/mol. The average Bonchev–Trinajstić information content (AvgIpc) is 2.37. The van der Waals surface area contributed by atoms with Gasteiger partial charge >= 0.3 is 17.8 Å². The molecular weight excluding hydrogens is 352 g/mol. The second kappa shape index (κ2) is 6.99. The predicted octanol–water partition coefficient (Wildman–Crippen LogP) is 4.25. The molecule has 0 aliphatic rings. The zero-order valence-corrected chi connectivity index (χ0v) is 12.0. The summed E-state index contributed by atoms with van der Waals surface area (Å²) in [5, 5.41) is 8.76. The summed E-state index contributed by atoms with van der Waals surface area (Å²) in [5.41, 5.74) is -6.33. The Morgan fingerprint density at radius 2 is 1.87 bits per heavy atom. The monoisotopic (exact) mass is 359 g/mol. The van der Waals surface area contributed by atoms with Crippen molar-refractivity contribution in [3.63, 3.8) is 0 Å². The molecule has 0 bridgehead atoms. The number of thioether (sulfide) groups is 1. The smallest absolute Gasteiger partial charge is 0.462 e. The lowest BCUT2D eigenvalue weighted by Gasteiger charge is -2.17. The van der Waals surface area contributed by atoms with Crippen molar-refractivity contribution in [2.75, 3.05) is 6.61 Å². The van der Waals surface area contributed by atoms with E-state index < -0.39 is 51.4 Å². The molecule has 1 aromatic carbocycles. The van der Waals surface area contributed by atoms with E-state index in [0.717, 1.165) is 0 Å². The Morgan fingerprint density at radius 3 is 2.30 bits per heavy atom. The second-order valence-electron chi connectivity index (χ2n) is 3.78. The molecule has 0 unspecified atom stereocenters. The molecule has 0 spiro atoms. The standard InChI is InChI=1S/C12H7F6NO3S/c1-2-21-10(20)7-3-6(5-19)4-8(23-12(16,17)18)9(7)22-11(13,14)15/h3-4H,2H2,1H3. The van der Waals surface area contributed by atoms with Gasteiger partial charge in [0.25, 0.3) is 0 Å². The fourth-order valence-corrected chi connectivity index (χ4v) is 2.13. The summed E-state index contributed by atoms with van der Waals surface area (Å²) >= 11 is -0.937. The van der Waals surface area contributed by atoms with Crippen LogP contribution in [0.2, 0.25) is 0 Å². The van der Waals surface area contributed by atoms with Crippen molar-refractivity contribution in [3.8, 4) is 11.8 Å². The van der Waals surface area contributed by atoms with Gasteiger partial charge in [-0.2, -0.15) is 18.4 Å². The molecule has 0 atom stereocenters. The molecular formula is C12H7F6NO3S. The first-order valence-corrected chi connectivity index (χ1v) is 6.55. The summed E-state index contributed by atoms with van der Waals surface area (Å²) in [6.07, 6.45) is -5.34. The van der Waals surface area contributed by atoms with Crippen LogP contribution >= 0.6 is 11.8 Å². The Hall–Kier alpha value is -2.09. The summed E-state index contributed by atoms with van der Waals surface area (Å²) < 4.78 is 82.8. The number of carbonyl (C=O) groups excluding carboxylic acids is 1. The summed E-state index contributed by atoms with van der Waals surface area (Å²) in [4.78, 5) is 10.6. The topological polar surface area (TPSA) is 59.3 Å². The molecule has 1 rings (SSSR count). The second-order valence-corrected chi connectivity index (χ2v) is 4.89. The zero-order valence-electron chi connectivity index (χ0n) is 11.2. The Labute approximate surface area is 130 Å². The van der Waals surface area contributed by atoms with Crippen LogP contribution < -0.4 is 4.74 Å². The van der Waals surface area contributed by atoms with Crippen molar-refractivity contribution in [1.82, 2.24) is 0 Å².